The van der Waals surface area contributed by atoms with Crippen LogP contribution >= 0.6 is 0 Å². The highest BCUT2D eigenvalue weighted by molar-refractivity contribution is 5.94. The molecule has 0 radical (unpaired) electrons. The minimum absolute atomic E-state index is 0.0278. The summed E-state index contributed by atoms with van der Waals surface area (Å²) in [5.41, 5.74) is 5.75. The number of pyridine rings is 1. The van der Waals surface area contributed by atoms with E-state index in [2.05, 4.69) is 52.9 Å². The Hall–Kier alpha value is -2.92. The molecule has 0 saturated heterocycles. The van der Waals surface area contributed by atoms with Crippen LogP contribution in [0.4, 0.5) is 0 Å². The molecule has 5 heteroatoms. The van der Waals surface area contributed by atoms with Crippen LogP contribution in [-0.2, 0) is 13.6 Å². The fourth-order valence-corrected chi connectivity index (χ4v) is 3.60. The average molecular weight is 346 g/mol. The summed E-state index contributed by atoms with van der Waals surface area (Å²) in [5, 5.41) is 5.09. The Morgan fingerprint density at radius 3 is 2.62 bits per heavy atom. The summed E-state index contributed by atoms with van der Waals surface area (Å²) in [5.74, 6) is 0. The number of rotatable bonds is 3. The van der Waals surface area contributed by atoms with Gasteiger partial charge in [-0.1, -0.05) is 29.8 Å². The van der Waals surface area contributed by atoms with Gasteiger partial charge >= 0.3 is 0 Å². The summed E-state index contributed by atoms with van der Waals surface area (Å²) in [6.45, 7) is 2.83. The molecule has 0 bridgehead atoms. The highest BCUT2D eigenvalue weighted by Crippen LogP contribution is 2.26. The molecule has 5 nitrogen and oxygen atoms in total. The molecule has 0 aliphatic heterocycles. The Morgan fingerprint density at radius 1 is 1.08 bits per heavy atom. The molecular formula is C21H22N4O. The summed E-state index contributed by atoms with van der Waals surface area (Å²) < 4.78 is 3.84. The van der Waals surface area contributed by atoms with Crippen LogP contribution in [0.1, 0.15) is 11.1 Å². The van der Waals surface area contributed by atoms with Crippen molar-refractivity contribution >= 4 is 21.9 Å². The predicted molar refractivity (Wildman–Crippen MR) is 106 cm³/mol. The van der Waals surface area contributed by atoms with Gasteiger partial charge in [-0.05, 0) is 44.8 Å². The van der Waals surface area contributed by atoms with Gasteiger partial charge in [-0.15, -0.1) is 0 Å². The van der Waals surface area contributed by atoms with Crippen LogP contribution in [0, 0.1) is 6.92 Å². The van der Waals surface area contributed by atoms with E-state index >= 15 is 0 Å². The van der Waals surface area contributed by atoms with E-state index in [9.17, 15) is 4.79 Å². The third-order valence-corrected chi connectivity index (χ3v) is 4.73. The van der Waals surface area contributed by atoms with Gasteiger partial charge in [-0.3, -0.25) is 9.48 Å². The molecule has 2 aromatic heterocycles. The zero-order valence-electron chi connectivity index (χ0n) is 15.5. The number of aryl methyl sites for hydroxylation is 2. The van der Waals surface area contributed by atoms with Crippen LogP contribution in [-0.4, -0.2) is 33.3 Å². The van der Waals surface area contributed by atoms with Gasteiger partial charge in [0.2, 0.25) is 5.43 Å². The molecule has 0 atom stereocenters. The maximum atomic E-state index is 13.1. The van der Waals surface area contributed by atoms with Gasteiger partial charge in [0, 0.05) is 19.0 Å². The molecule has 0 aliphatic rings. The summed E-state index contributed by atoms with van der Waals surface area (Å²) in [6.07, 6.45) is 1.78. The second-order valence-corrected chi connectivity index (χ2v) is 7.05. The molecule has 0 fully saturated rings. The first kappa shape index (κ1) is 16.5. The van der Waals surface area contributed by atoms with E-state index in [0.29, 0.717) is 5.52 Å². The molecule has 4 rings (SSSR count). The Balaban J connectivity index is 2.19. The summed E-state index contributed by atoms with van der Waals surface area (Å²) in [7, 11) is 5.94. The number of benzene rings is 2. The normalized spacial score (nSPS) is 11.7. The minimum Gasteiger partial charge on any atom is -0.306 e. The largest absolute Gasteiger partial charge is 0.306 e. The predicted octanol–water partition coefficient (Wildman–Crippen LogP) is 3.25. The number of hydrogen-bond acceptors (Lipinski definition) is 3. The fourth-order valence-electron chi connectivity index (χ4n) is 3.60. The molecule has 4 aromatic rings. The fraction of sp³-hybridized carbons (Fsp3) is 0.238. The van der Waals surface area contributed by atoms with E-state index in [1.54, 1.807) is 10.9 Å². The molecule has 0 aliphatic carbocycles. The van der Waals surface area contributed by atoms with Crippen LogP contribution < -0.4 is 5.43 Å². The third kappa shape index (κ3) is 2.52. The lowest BCUT2D eigenvalue weighted by molar-refractivity contribution is 0.402. The lowest BCUT2D eigenvalue weighted by Gasteiger charge is -2.19. The van der Waals surface area contributed by atoms with Crippen molar-refractivity contribution in [3.05, 3.63) is 70.0 Å². The molecule has 132 valence electrons. The van der Waals surface area contributed by atoms with Gasteiger partial charge in [-0.2, -0.15) is 5.10 Å². The topological polar surface area (TPSA) is 43.1 Å². The quantitative estimate of drug-likeness (QED) is 0.572. The van der Waals surface area contributed by atoms with E-state index in [1.165, 1.54) is 5.56 Å². The van der Waals surface area contributed by atoms with Crippen molar-refractivity contribution in [3.63, 3.8) is 0 Å². The van der Waals surface area contributed by atoms with Crippen molar-refractivity contribution in [1.29, 1.82) is 0 Å². The summed E-state index contributed by atoms with van der Waals surface area (Å²) in [6, 6.07) is 14.4. The van der Waals surface area contributed by atoms with Gasteiger partial charge in [-0.25, -0.2) is 0 Å². The van der Waals surface area contributed by atoms with Crippen LogP contribution in [0.25, 0.3) is 27.6 Å². The number of para-hydroxylation sites is 1. The highest BCUT2D eigenvalue weighted by Gasteiger charge is 2.17. The Morgan fingerprint density at radius 2 is 1.85 bits per heavy atom. The maximum Gasteiger partial charge on any atom is 0.215 e. The molecule has 0 unspecified atom stereocenters. The second kappa shape index (κ2) is 6.11. The molecule has 0 spiro atoms. The van der Waals surface area contributed by atoms with Gasteiger partial charge in [0.1, 0.15) is 5.52 Å². The standard InChI is InChI=1S/C21H22N4O/c1-14-9-10-18-16(11-14)21(26)20-19(12-22-24(20)4)25(18)17-8-6-5-7-15(17)13-23(2)3/h5-12H,13H2,1-4H3. The molecular weight excluding hydrogens is 324 g/mol. The first-order valence-corrected chi connectivity index (χ1v) is 8.67. The number of aromatic nitrogens is 3. The van der Waals surface area contributed by atoms with Crippen molar-refractivity contribution in [1.82, 2.24) is 19.2 Å². The molecule has 26 heavy (non-hydrogen) atoms. The van der Waals surface area contributed by atoms with Crippen molar-refractivity contribution in [2.24, 2.45) is 7.05 Å². The van der Waals surface area contributed by atoms with Crippen molar-refractivity contribution < 1.29 is 0 Å². The number of hydrogen-bond donors (Lipinski definition) is 0. The Labute approximate surface area is 152 Å². The second-order valence-electron chi connectivity index (χ2n) is 7.05. The monoisotopic (exact) mass is 346 g/mol. The van der Waals surface area contributed by atoms with E-state index in [-0.39, 0.29) is 5.43 Å². The van der Waals surface area contributed by atoms with Gasteiger partial charge in [0.15, 0.2) is 0 Å². The molecule has 2 heterocycles. The van der Waals surface area contributed by atoms with Crippen LogP contribution in [0.15, 0.2) is 53.5 Å². The molecule has 2 aromatic carbocycles. The lowest BCUT2D eigenvalue weighted by atomic mass is 10.1. The first-order valence-electron chi connectivity index (χ1n) is 8.67. The Kier molecular flexibility index (Phi) is 3.89. The van der Waals surface area contributed by atoms with Gasteiger partial charge in [0.05, 0.1) is 22.9 Å². The van der Waals surface area contributed by atoms with Gasteiger partial charge in [0.25, 0.3) is 0 Å². The number of nitrogens with zero attached hydrogens (tertiary/aromatic N) is 4. The van der Waals surface area contributed by atoms with E-state index in [4.69, 9.17) is 0 Å². The molecule has 0 N–H and O–H groups in total. The lowest BCUT2D eigenvalue weighted by Crippen LogP contribution is -2.16. The average Bonchev–Trinajstić information content (AvgIpc) is 2.98. The molecule has 0 saturated carbocycles. The zero-order valence-corrected chi connectivity index (χ0v) is 15.5. The van der Waals surface area contributed by atoms with Crippen molar-refractivity contribution in [3.8, 4) is 5.69 Å². The highest BCUT2D eigenvalue weighted by atomic mass is 16.1. The zero-order chi connectivity index (χ0) is 18.4. The van der Waals surface area contributed by atoms with Crippen molar-refractivity contribution in [2.75, 3.05) is 14.1 Å². The number of fused-ring (bicyclic) bond motifs is 2. The Bertz CT molecular complexity index is 1180. The maximum absolute atomic E-state index is 13.1. The molecule has 0 amide bonds. The minimum atomic E-state index is 0.0278. The third-order valence-electron chi connectivity index (χ3n) is 4.73. The van der Waals surface area contributed by atoms with E-state index < -0.39 is 0 Å². The first-order chi connectivity index (χ1) is 12.5. The van der Waals surface area contributed by atoms with Crippen LogP contribution in [0.2, 0.25) is 0 Å². The van der Waals surface area contributed by atoms with Crippen molar-refractivity contribution in [2.45, 2.75) is 13.5 Å². The summed E-state index contributed by atoms with van der Waals surface area (Å²) in [4.78, 5) is 15.2. The van der Waals surface area contributed by atoms with Gasteiger partial charge < -0.3 is 9.47 Å². The smallest absolute Gasteiger partial charge is 0.215 e. The summed E-state index contributed by atoms with van der Waals surface area (Å²) >= 11 is 0. The van der Waals surface area contributed by atoms with E-state index in [0.717, 1.165) is 34.2 Å². The van der Waals surface area contributed by atoms with E-state index in [1.807, 2.05) is 32.2 Å². The SMILES string of the molecule is Cc1ccc2c(c1)c(=O)c1c(cnn1C)n2-c1ccccc1CN(C)C. The van der Waals surface area contributed by atoms with Crippen LogP contribution in [0.3, 0.4) is 0 Å². The van der Waals surface area contributed by atoms with Crippen LogP contribution in [0.5, 0.6) is 0 Å².